The van der Waals surface area contributed by atoms with E-state index in [-0.39, 0.29) is 5.91 Å². The highest BCUT2D eigenvalue weighted by Crippen LogP contribution is 2.24. The summed E-state index contributed by atoms with van der Waals surface area (Å²) in [6, 6.07) is 10.8. The Labute approximate surface area is 144 Å². The Bertz CT molecular complexity index is 921. The molecule has 1 atom stereocenters. The van der Waals surface area contributed by atoms with E-state index in [1.807, 2.05) is 29.9 Å². The first-order chi connectivity index (χ1) is 12.0. The number of aryl methyl sites for hydroxylation is 1. The monoisotopic (exact) mass is 339 g/mol. The number of rotatable bonds is 4. The van der Waals surface area contributed by atoms with Crippen LogP contribution in [0.2, 0.25) is 0 Å². The Morgan fingerprint density at radius 1 is 1.28 bits per heavy atom. The smallest absolute Gasteiger partial charge is 0.252 e. The summed E-state index contributed by atoms with van der Waals surface area (Å²) in [4.78, 5) is 17.0. The van der Waals surface area contributed by atoms with E-state index in [4.69, 9.17) is 0 Å². The summed E-state index contributed by atoms with van der Waals surface area (Å²) < 4.78 is 15.4. The Balaban J connectivity index is 1.87. The second-order valence-corrected chi connectivity index (χ2v) is 5.81. The van der Waals surface area contributed by atoms with Gasteiger partial charge in [0.25, 0.3) is 5.91 Å². The van der Waals surface area contributed by atoms with Gasteiger partial charge in [-0.2, -0.15) is 0 Å². The molecular weight excluding hydrogens is 321 g/mol. The van der Waals surface area contributed by atoms with Gasteiger partial charge in [0.15, 0.2) is 11.6 Å². The second kappa shape index (κ2) is 6.76. The predicted octanol–water partition coefficient (Wildman–Crippen LogP) is 3.42. The molecule has 3 rings (SSSR count). The number of imidazole rings is 1. The van der Waals surface area contributed by atoms with Gasteiger partial charge in [-0.1, -0.05) is 24.3 Å². The molecule has 0 saturated heterocycles. The van der Waals surface area contributed by atoms with E-state index in [1.54, 1.807) is 31.3 Å². The zero-order valence-electron chi connectivity index (χ0n) is 13.9. The van der Waals surface area contributed by atoms with Crippen molar-refractivity contribution in [2.24, 2.45) is 7.05 Å². The van der Waals surface area contributed by atoms with E-state index in [0.717, 1.165) is 5.56 Å². The quantitative estimate of drug-likeness (QED) is 0.765. The first kappa shape index (κ1) is 16.7. The molecule has 2 N–H and O–H groups in total. The van der Waals surface area contributed by atoms with Crippen molar-refractivity contribution in [3.05, 3.63) is 71.8 Å². The van der Waals surface area contributed by atoms with Crippen molar-refractivity contribution in [3.63, 3.8) is 0 Å². The van der Waals surface area contributed by atoms with E-state index < -0.39 is 17.6 Å². The van der Waals surface area contributed by atoms with E-state index in [9.17, 15) is 14.3 Å². The van der Waals surface area contributed by atoms with Crippen molar-refractivity contribution in [1.82, 2.24) is 14.9 Å². The standard InChI is InChI=1S/C19H18FN3O2/c1-12(13-7-8-17(24)16(20)11-13)22-19(25)15-6-4-3-5-14(15)18-21-9-10-23(18)2/h3-12,24H,1-2H3,(H,22,25)/t12-/m0/s1. The Morgan fingerprint density at radius 3 is 2.72 bits per heavy atom. The van der Waals surface area contributed by atoms with Crippen LogP contribution in [0.1, 0.15) is 28.9 Å². The summed E-state index contributed by atoms with van der Waals surface area (Å²) in [6.45, 7) is 1.76. The minimum Gasteiger partial charge on any atom is -0.505 e. The number of hydrogen-bond acceptors (Lipinski definition) is 3. The van der Waals surface area contributed by atoms with Crippen molar-refractivity contribution in [3.8, 4) is 17.1 Å². The highest BCUT2D eigenvalue weighted by Gasteiger charge is 2.18. The number of nitrogens with zero attached hydrogens (tertiary/aromatic N) is 2. The molecule has 0 bridgehead atoms. The molecule has 5 nitrogen and oxygen atoms in total. The fraction of sp³-hybridized carbons (Fsp3) is 0.158. The average Bonchev–Trinajstić information content (AvgIpc) is 3.03. The SMILES string of the molecule is C[C@H](NC(=O)c1ccccc1-c1nccn1C)c1ccc(O)c(F)c1. The van der Waals surface area contributed by atoms with Crippen LogP contribution in [-0.4, -0.2) is 20.6 Å². The highest BCUT2D eigenvalue weighted by molar-refractivity contribution is 6.00. The molecule has 0 radical (unpaired) electrons. The maximum Gasteiger partial charge on any atom is 0.252 e. The molecule has 0 aliphatic carbocycles. The number of phenols is 1. The van der Waals surface area contributed by atoms with E-state index in [0.29, 0.717) is 17.0 Å². The fourth-order valence-electron chi connectivity index (χ4n) is 2.65. The van der Waals surface area contributed by atoms with Gasteiger partial charge in [-0.3, -0.25) is 4.79 Å². The summed E-state index contributed by atoms with van der Waals surface area (Å²) >= 11 is 0. The first-order valence-corrected chi connectivity index (χ1v) is 7.83. The van der Waals surface area contributed by atoms with Crippen LogP contribution in [0.15, 0.2) is 54.9 Å². The lowest BCUT2D eigenvalue weighted by atomic mass is 10.0. The second-order valence-electron chi connectivity index (χ2n) is 5.81. The van der Waals surface area contributed by atoms with Crippen LogP contribution in [0.4, 0.5) is 4.39 Å². The number of carbonyl (C=O) groups excluding carboxylic acids is 1. The van der Waals surface area contributed by atoms with Crippen LogP contribution in [0.5, 0.6) is 5.75 Å². The van der Waals surface area contributed by atoms with Crippen LogP contribution >= 0.6 is 0 Å². The van der Waals surface area contributed by atoms with Crippen molar-refractivity contribution in [2.45, 2.75) is 13.0 Å². The van der Waals surface area contributed by atoms with Gasteiger partial charge in [0.2, 0.25) is 0 Å². The summed E-state index contributed by atoms with van der Waals surface area (Å²) in [7, 11) is 1.86. The number of phenolic OH excluding ortho intramolecular Hbond substituents is 1. The molecule has 128 valence electrons. The maximum absolute atomic E-state index is 13.5. The lowest BCUT2D eigenvalue weighted by Crippen LogP contribution is -2.27. The molecule has 3 aromatic rings. The van der Waals surface area contributed by atoms with Gasteiger partial charge in [0.1, 0.15) is 5.82 Å². The fourth-order valence-corrected chi connectivity index (χ4v) is 2.65. The summed E-state index contributed by atoms with van der Waals surface area (Å²) in [5.41, 5.74) is 1.78. The first-order valence-electron chi connectivity index (χ1n) is 7.83. The predicted molar refractivity (Wildman–Crippen MR) is 92.6 cm³/mol. The average molecular weight is 339 g/mol. The molecule has 2 aromatic carbocycles. The van der Waals surface area contributed by atoms with E-state index in [2.05, 4.69) is 10.3 Å². The largest absolute Gasteiger partial charge is 0.505 e. The molecule has 6 heteroatoms. The molecule has 0 fully saturated rings. The number of halogens is 1. The molecule has 0 aliphatic heterocycles. The minimum atomic E-state index is -0.716. The third-order valence-electron chi connectivity index (χ3n) is 4.05. The third kappa shape index (κ3) is 3.38. The lowest BCUT2D eigenvalue weighted by Gasteiger charge is -2.16. The summed E-state index contributed by atoms with van der Waals surface area (Å²) in [5.74, 6) is -0.719. The molecular formula is C19H18FN3O2. The Kier molecular flexibility index (Phi) is 4.52. The van der Waals surface area contributed by atoms with Crippen LogP contribution in [0.3, 0.4) is 0 Å². The highest BCUT2D eigenvalue weighted by atomic mass is 19.1. The van der Waals surface area contributed by atoms with Crippen molar-refractivity contribution in [1.29, 1.82) is 0 Å². The van der Waals surface area contributed by atoms with Crippen molar-refractivity contribution in [2.75, 3.05) is 0 Å². The number of benzene rings is 2. The molecule has 0 aliphatic rings. The van der Waals surface area contributed by atoms with Gasteiger partial charge in [0, 0.05) is 25.0 Å². The zero-order valence-corrected chi connectivity index (χ0v) is 13.9. The molecule has 0 saturated carbocycles. The van der Waals surface area contributed by atoms with E-state index >= 15 is 0 Å². The van der Waals surface area contributed by atoms with Crippen LogP contribution < -0.4 is 5.32 Å². The van der Waals surface area contributed by atoms with Gasteiger partial charge in [0.05, 0.1) is 11.6 Å². The maximum atomic E-state index is 13.5. The lowest BCUT2D eigenvalue weighted by molar-refractivity contribution is 0.0940. The molecule has 0 spiro atoms. The number of carbonyl (C=O) groups is 1. The molecule has 1 amide bonds. The van der Waals surface area contributed by atoms with Gasteiger partial charge < -0.3 is 15.0 Å². The van der Waals surface area contributed by atoms with Crippen molar-refractivity contribution >= 4 is 5.91 Å². The van der Waals surface area contributed by atoms with Crippen LogP contribution in [0.25, 0.3) is 11.4 Å². The Hall–Kier alpha value is -3.15. The van der Waals surface area contributed by atoms with Gasteiger partial charge in [-0.05, 0) is 30.7 Å². The zero-order chi connectivity index (χ0) is 18.0. The topological polar surface area (TPSA) is 67.2 Å². The molecule has 0 unspecified atom stereocenters. The number of aromatic nitrogens is 2. The number of hydrogen-bond donors (Lipinski definition) is 2. The molecule has 25 heavy (non-hydrogen) atoms. The van der Waals surface area contributed by atoms with Crippen LogP contribution in [0, 0.1) is 5.82 Å². The third-order valence-corrected chi connectivity index (χ3v) is 4.05. The minimum absolute atomic E-state index is 0.278. The summed E-state index contributed by atoms with van der Waals surface area (Å²) in [5, 5.41) is 12.1. The molecule has 1 aromatic heterocycles. The van der Waals surface area contributed by atoms with Gasteiger partial charge in [-0.25, -0.2) is 9.37 Å². The Morgan fingerprint density at radius 2 is 2.04 bits per heavy atom. The van der Waals surface area contributed by atoms with Crippen LogP contribution in [-0.2, 0) is 7.05 Å². The summed E-state index contributed by atoms with van der Waals surface area (Å²) in [6.07, 6.45) is 3.48. The number of aromatic hydroxyl groups is 1. The van der Waals surface area contributed by atoms with Gasteiger partial charge in [-0.15, -0.1) is 0 Å². The number of amides is 1. The number of nitrogens with one attached hydrogen (secondary N) is 1. The normalized spacial score (nSPS) is 12.0. The molecule has 1 heterocycles. The van der Waals surface area contributed by atoms with Gasteiger partial charge >= 0.3 is 0 Å². The van der Waals surface area contributed by atoms with E-state index in [1.165, 1.54) is 12.1 Å². The van der Waals surface area contributed by atoms with Crippen molar-refractivity contribution < 1.29 is 14.3 Å².